The minimum atomic E-state index is -0.503. The number of hydrogen-bond acceptors (Lipinski definition) is 4. The van der Waals surface area contributed by atoms with Gasteiger partial charge in [-0.25, -0.2) is 4.98 Å². The lowest BCUT2D eigenvalue weighted by molar-refractivity contribution is -0.153. The molecule has 0 bridgehead atoms. The molecule has 3 aromatic rings. The summed E-state index contributed by atoms with van der Waals surface area (Å²) in [5.74, 6) is -0.207. The number of benzene rings is 2. The molecule has 0 N–H and O–H groups in total. The number of fused-ring (bicyclic) bond motifs is 3. The normalized spacial score (nSPS) is 14.9. The van der Waals surface area contributed by atoms with Crippen molar-refractivity contribution in [1.29, 1.82) is 0 Å². The van der Waals surface area contributed by atoms with Crippen molar-refractivity contribution in [2.75, 3.05) is 0 Å². The van der Waals surface area contributed by atoms with Crippen LogP contribution in [0.1, 0.15) is 54.7 Å². The molecule has 0 amide bonds. The van der Waals surface area contributed by atoms with Crippen LogP contribution >= 0.6 is 0 Å². The first-order chi connectivity index (χ1) is 13.8. The first kappa shape index (κ1) is 19.1. The quantitative estimate of drug-likeness (QED) is 0.473. The number of aromatic nitrogens is 2. The molecule has 1 atom stereocenters. The van der Waals surface area contributed by atoms with Crippen LogP contribution in [-0.2, 0) is 16.0 Å². The average molecular weight is 388 g/mol. The van der Waals surface area contributed by atoms with Gasteiger partial charge >= 0.3 is 5.97 Å². The van der Waals surface area contributed by atoms with Gasteiger partial charge in [-0.3, -0.25) is 9.59 Å². The number of ketones is 1. The number of carbonyl (C=O) groups excluding carboxylic acids is 2. The summed E-state index contributed by atoms with van der Waals surface area (Å²) >= 11 is 0. The number of imidazole rings is 1. The highest BCUT2D eigenvalue weighted by molar-refractivity contribution is 5.97. The minimum Gasteiger partial charge on any atom is -0.460 e. The molecular weight excluding hydrogens is 364 g/mol. The van der Waals surface area contributed by atoms with E-state index in [0.29, 0.717) is 12.0 Å². The van der Waals surface area contributed by atoms with Crippen LogP contribution in [-0.4, -0.2) is 26.9 Å². The van der Waals surface area contributed by atoms with E-state index in [9.17, 15) is 9.59 Å². The molecule has 0 fully saturated rings. The highest BCUT2D eigenvalue weighted by Gasteiger charge is 2.29. The lowest BCUT2D eigenvalue weighted by Crippen LogP contribution is -2.24. The largest absolute Gasteiger partial charge is 0.460 e. The molecule has 5 heteroatoms. The minimum absolute atomic E-state index is 0.0439. The van der Waals surface area contributed by atoms with Gasteiger partial charge in [-0.2, -0.15) is 0 Å². The lowest BCUT2D eigenvalue weighted by atomic mass is 9.96. The highest BCUT2D eigenvalue weighted by Crippen LogP contribution is 2.41. The van der Waals surface area contributed by atoms with Crippen molar-refractivity contribution >= 4 is 11.8 Å². The van der Waals surface area contributed by atoms with E-state index in [4.69, 9.17) is 4.74 Å². The van der Waals surface area contributed by atoms with E-state index in [0.717, 1.165) is 22.4 Å². The van der Waals surface area contributed by atoms with Crippen LogP contribution in [0.15, 0.2) is 61.1 Å². The van der Waals surface area contributed by atoms with Crippen molar-refractivity contribution in [3.05, 3.63) is 77.7 Å². The molecule has 4 rings (SSSR count). The van der Waals surface area contributed by atoms with Crippen LogP contribution in [0.5, 0.6) is 0 Å². The fourth-order valence-electron chi connectivity index (χ4n) is 3.79. The van der Waals surface area contributed by atoms with E-state index in [1.54, 1.807) is 18.5 Å². The van der Waals surface area contributed by atoms with Gasteiger partial charge in [0.2, 0.25) is 0 Å². The SMILES string of the molecule is CC(C)(C)OC(=O)Cc1ccc(C(=O)CC2c3ccccc3-c3cncn32)cc1. The predicted octanol–water partition coefficient (Wildman–Crippen LogP) is 4.61. The van der Waals surface area contributed by atoms with Crippen LogP contribution in [0.25, 0.3) is 11.3 Å². The zero-order valence-electron chi connectivity index (χ0n) is 16.9. The second-order valence-corrected chi connectivity index (χ2v) is 8.38. The topological polar surface area (TPSA) is 61.2 Å². The molecule has 1 aromatic heterocycles. The maximum atomic E-state index is 12.9. The number of Topliss-reactive ketones (excluding diaryl/α,β-unsaturated/α-hetero) is 1. The van der Waals surface area contributed by atoms with Crippen molar-refractivity contribution in [2.45, 2.75) is 45.3 Å². The van der Waals surface area contributed by atoms with Crippen molar-refractivity contribution in [2.24, 2.45) is 0 Å². The zero-order chi connectivity index (χ0) is 20.6. The maximum Gasteiger partial charge on any atom is 0.310 e. The Morgan fingerprint density at radius 3 is 2.52 bits per heavy atom. The van der Waals surface area contributed by atoms with E-state index in [-0.39, 0.29) is 24.2 Å². The Morgan fingerprint density at radius 2 is 1.79 bits per heavy atom. The molecule has 1 aliphatic rings. The molecule has 148 valence electrons. The van der Waals surface area contributed by atoms with Crippen LogP contribution in [0, 0.1) is 0 Å². The van der Waals surface area contributed by atoms with E-state index < -0.39 is 5.60 Å². The van der Waals surface area contributed by atoms with E-state index in [1.807, 2.05) is 51.2 Å². The molecule has 29 heavy (non-hydrogen) atoms. The van der Waals surface area contributed by atoms with Gasteiger partial charge in [0.15, 0.2) is 5.78 Å². The number of esters is 1. The van der Waals surface area contributed by atoms with Crippen LogP contribution in [0.4, 0.5) is 0 Å². The summed E-state index contributed by atoms with van der Waals surface area (Å²) in [5.41, 5.74) is 4.31. The van der Waals surface area contributed by atoms with E-state index in [2.05, 4.69) is 21.7 Å². The summed E-state index contributed by atoms with van der Waals surface area (Å²) in [5, 5.41) is 0. The molecule has 2 aromatic carbocycles. The van der Waals surface area contributed by atoms with Crippen LogP contribution < -0.4 is 0 Å². The van der Waals surface area contributed by atoms with Crippen molar-refractivity contribution in [3.63, 3.8) is 0 Å². The lowest BCUT2D eigenvalue weighted by Gasteiger charge is -2.19. The van der Waals surface area contributed by atoms with Crippen molar-refractivity contribution in [3.8, 4) is 11.3 Å². The molecule has 0 saturated carbocycles. The number of nitrogens with zero attached hydrogens (tertiary/aromatic N) is 2. The van der Waals surface area contributed by atoms with E-state index >= 15 is 0 Å². The maximum absolute atomic E-state index is 12.9. The molecular formula is C24H24N2O3. The van der Waals surface area contributed by atoms with Crippen molar-refractivity contribution in [1.82, 2.24) is 9.55 Å². The summed E-state index contributed by atoms with van der Waals surface area (Å²) in [4.78, 5) is 29.2. The Hall–Kier alpha value is -3.21. The molecule has 0 aliphatic carbocycles. The van der Waals surface area contributed by atoms with Gasteiger partial charge in [-0.15, -0.1) is 0 Å². The molecule has 0 radical (unpaired) electrons. The van der Waals surface area contributed by atoms with Crippen LogP contribution in [0.2, 0.25) is 0 Å². The van der Waals surface area contributed by atoms with Crippen molar-refractivity contribution < 1.29 is 14.3 Å². The molecule has 1 unspecified atom stereocenters. The van der Waals surface area contributed by atoms with Gasteiger partial charge in [0.25, 0.3) is 0 Å². The number of ether oxygens (including phenoxy) is 1. The zero-order valence-corrected chi connectivity index (χ0v) is 16.9. The molecule has 1 aliphatic heterocycles. The van der Waals surface area contributed by atoms with Gasteiger partial charge in [-0.1, -0.05) is 48.5 Å². The monoisotopic (exact) mass is 388 g/mol. The first-order valence-electron chi connectivity index (χ1n) is 9.77. The van der Waals surface area contributed by atoms with E-state index in [1.165, 1.54) is 0 Å². The Balaban J connectivity index is 1.47. The molecule has 5 nitrogen and oxygen atoms in total. The standard InChI is InChI=1S/C24H24N2O3/c1-24(2,3)29-23(28)12-16-8-10-17(11-9-16)22(27)13-20-18-6-4-5-7-19(18)21-14-25-15-26(20)21/h4-11,14-15,20H,12-13H2,1-3H3. The van der Waals surface area contributed by atoms with Gasteiger partial charge in [-0.05, 0) is 31.9 Å². The summed E-state index contributed by atoms with van der Waals surface area (Å²) in [6, 6.07) is 15.3. The number of hydrogen-bond donors (Lipinski definition) is 0. The van der Waals surface area contributed by atoms with Crippen LogP contribution in [0.3, 0.4) is 0 Å². The third-order valence-corrected chi connectivity index (χ3v) is 5.02. The molecule has 0 spiro atoms. The predicted molar refractivity (Wildman–Crippen MR) is 111 cm³/mol. The third kappa shape index (κ3) is 3.99. The Kier molecular flexibility index (Phi) is 4.82. The Bertz CT molecular complexity index is 1060. The van der Waals surface area contributed by atoms with Gasteiger partial charge < -0.3 is 9.30 Å². The average Bonchev–Trinajstić information content (AvgIpc) is 3.23. The fourth-order valence-corrected chi connectivity index (χ4v) is 3.79. The molecule has 2 heterocycles. The second kappa shape index (κ2) is 7.32. The summed E-state index contributed by atoms with van der Waals surface area (Å²) in [6.45, 7) is 5.54. The number of rotatable bonds is 5. The fraction of sp³-hybridized carbons (Fsp3) is 0.292. The highest BCUT2D eigenvalue weighted by atomic mass is 16.6. The smallest absolute Gasteiger partial charge is 0.310 e. The van der Waals surface area contributed by atoms with Gasteiger partial charge in [0.1, 0.15) is 5.60 Å². The first-order valence-corrected chi connectivity index (χ1v) is 9.77. The summed E-state index contributed by atoms with van der Waals surface area (Å²) in [6.07, 6.45) is 4.19. The van der Waals surface area contributed by atoms with Gasteiger partial charge in [0, 0.05) is 17.5 Å². The summed E-state index contributed by atoms with van der Waals surface area (Å²) < 4.78 is 7.42. The summed E-state index contributed by atoms with van der Waals surface area (Å²) in [7, 11) is 0. The number of carbonyl (C=O) groups is 2. The Morgan fingerprint density at radius 1 is 1.07 bits per heavy atom. The third-order valence-electron chi connectivity index (χ3n) is 5.02. The molecule has 0 saturated heterocycles. The Labute approximate surface area is 170 Å². The van der Waals surface area contributed by atoms with Gasteiger partial charge in [0.05, 0.1) is 30.7 Å². The second-order valence-electron chi connectivity index (χ2n) is 8.38.